The standard InChI is InChI=1S/C30H32N2O7S/c1-5-8-16-39-21-14-12-19(13-15-21)24-23(25(33)20-10-9-11-22(17-20)37-6-2)26(34)28(35)32(24)30-31-18(4)27(40-30)29(36)38-7-3/h9-15,17,24,33H,5-8,16H2,1-4H3. The number of hydrogen-bond donors (Lipinski definition) is 1. The minimum atomic E-state index is -0.999. The van der Waals surface area contributed by atoms with Crippen molar-refractivity contribution in [2.24, 2.45) is 0 Å². The normalized spacial score (nSPS) is 16.3. The predicted octanol–water partition coefficient (Wildman–Crippen LogP) is 5.83. The number of aliphatic hydroxyl groups excluding tert-OH is 1. The molecule has 1 atom stereocenters. The van der Waals surface area contributed by atoms with Gasteiger partial charge in [0.25, 0.3) is 5.78 Å². The van der Waals surface area contributed by atoms with Crippen LogP contribution >= 0.6 is 11.3 Å². The van der Waals surface area contributed by atoms with Crippen molar-refractivity contribution in [2.45, 2.75) is 46.6 Å². The Morgan fingerprint density at radius 2 is 1.77 bits per heavy atom. The highest BCUT2D eigenvalue weighted by molar-refractivity contribution is 7.17. The molecule has 1 unspecified atom stereocenters. The molecular formula is C30H32N2O7S. The van der Waals surface area contributed by atoms with Crippen molar-refractivity contribution in [3.8, 4) is 11.5 Å². The minimum Gasteiger partial charge on any atom is -0.507 e. The van der Waals surface area contributed by atoms with Crippen molar-refractivity contribution >= 4 is 39.9 Å². The van der Waals surface area contributed by atoms with E-state index in [0.717, 1.165) is 24.2 Å². The number of ketones is 1. The third kappa shape index (κ3) is 5.86. The highest BCUT2D eigenvalue weighted by Crippen LogP contribution is 2.44. The fourth-order valence-corrected chi connectivity index (χ4v) is 5.34. The lowest BCUT2D eigenvalue weighted by Gasteiger charge is -2.23. The van der Waals surface area contributed by atoms with Crippen LogP contribution in [0.15, 0.2) is 54.1 Å². The van der Waals surface area contributed by atoms with Gasteiger partial charge in [-0.2, -0.15) is 0 Å². The molecule has 0 aliphatic carbocycles. The first-order chi connectivity index (χ1) is 19.3. The molecule has 1 aliphatic heterocycles. The molecule has 1 fully saturated rings. The summed E-state index contributed by atoms with van der Waals surface area (Å²) in [5.41, 5.74) is 1.18. The molecule has 1 amide bonds. The van der Waals surface area contributed by atoms with Crippen LogP contribution in [-0.4, -0.2) is 47.6 Å². The number of Topliss-reactive ketones (excluding diaryl/α,β-unsaturated/α-hetero) is 1. The second kappa shape index (κ2) is 12.8. The molecular weight excluding hydrogens is 532 g/mol. The molecule has 3 aromatic rings. The van der Waals surface area contributed by atoms with E-state index in [2.05, 4.69) is 11.9 Å². The van der Waals surface area contributed by atoms with Crippen LogP contribution < -0.4 is 14.4 Å². The lowest BCUT2D eigenvalue weighted by atomic mass is 9.95. The van der Waals surface area contributed by atoms with E-state index in [1.165, 1.54) is 4.90 Å². The summed E-state index contributed by atoms with van der Waals surface area (Å²) in [6.45, 7) is 8.43. The number of thiazole rings is 1. The van der Waals surface area contributed by atoms with E-state index in [1.54, 1.807) is 62.4 Å². The maximum atomic E-state index is 13.5. The molecule has 1 aromatic heterocycles. The zero-order chi connectivity index (χ0) is 28.8. The van der Waals surface area contributed by atoms with Gasteiger partial charge in [0.1, 0.15) is 22.1 Å². The first-order valence-corrected chi connectivity index (χ1v) is 14.0. The van der Waals surface area contributed by atoms with Crippen LogP contribution in [-0.2, 0) is 14.3 Å². The number of esters is 1. The Morgan fingerprint density at radius 3 is 2.45 bits per heavy atom. The summed E-state index contributed by atoms with van der Waals surface area (Å²) in [7, 11) is 0. The Morgan fingerprint density at radius 1 is 1.02 bits per heavy atom. The Hall–Kier alpha value is -4.18. The summed E-state index contributed by atoms with van der Waals surface area (Å²) in [4.78, 5) is 45.4. The van der Waals surface area contributed by atoms with Crippen molar-refractivity contribution in [1.29, 1.82) is 0 Å². The van der Waals surface area contributed by atoms with E-state index >= 15 is 0 Å². The number of anilines is 1. The van der Waals surface area contributed by atoms with Gasteiger partial charge in [0.15, 0.2) is 5.13 Å². The maximum Gasteiger partial charge on any atom is 0.350 e. The van der Waals surface area contributed by atoms with Crippen LogP contribution in [0.3, 0.4) is 0 Å². The van der Waals surface area contributed by atoms with E-state index in [9.17, 15) is 19.5 Å². The number of aliphatic hydroxyl groups is 1. The number of unbranched alkanes of at least 4 members (excludes halogenated alkanes) is 1. The molecule has 4 rings (SSSR count). The summed E-state index contributed by atoms with van der Waals surface area (Å²) in [5, 5.41) is 11.6. The van der Waals surface area contributed by atoms with Gasteiger partial charge in [-0.15, -0.1) is 0 Å². The van der Waals surface area contributed by atoms with E-state index in [0.29, 0.717) is 41.5 Å². The average molecular weight is 565 g/mol. The Kier molecular flexibility index (Phi) is 9.21. The fourth-order valence-electron chi connectivity index (χ4n) is 4.35. The highest BCUT2D eigenvalue weighted by atomic mass is 32.1. The van der Waals surface area contributed by atoms with Gasteiger partial charge >= 0.3 is 11.9 Å². The average Bonchev–Trinajstić information content (AvgIpc) is 3.46. The number of aromatic nitrogens is 1. The van der Waals surface area contributed by atoms with E-state index in [4.69, 9.17) is 14.2 Å². The quantitative estimate of drug-likeness (QED) is 0.102. The van der Waals surface area contributed by atoms with Crippen LogP contribution in [0.4, 0.5) is 5.13 Å². The molecule has 0 radical (unpaired) electrons. The number of hydrogen-bond acceptors (Lipinski definition) is 9. The lowest BCUT2D eigenvalue weighted by molar-refractivity contribution is -0.132. The van der Waals surface area contributed by atoms with E-state index < -0.39 is 23.7 Å². The molecule has 0 bridgehead atoms. The molecule has 9 nitrogen and oxygen atoms in total. The van der Waals surface area contributed by atoms with Crippen LogP contribution in [0.2, 0.25) is 0 Å². The minimum absolute atomic E-state index is 0.0937. The topological polar surface area (TPSA) is 115 Å². The second-order valence-electron chi connectivity index (χ2n) is 9.03. The van der Waals surface area contributed by atoms with Gasteiger partial charge in [-0.25, -0.2) is 9.78 Å². The smallest absolute Gasteiger partial charge is 0.350 e. The first kappa shape index (κ1) is 28.8. The molecule has 10 heteroatoms. The molecule has 2 heterocycles. The lowest BCUT2D eigenvalue weighted by Crippen LogP contribution is -2.29. The van der Waals surface area contributed by atoms with Crippen molar-refractivity contribution in [2.75, 3.05) is 24.7 Å². The van der Waals surface area contributed by atoms with Gasteiger partial charge in [-0.1, -0.05) is 48.9 Å². The number of carbonyl (C=O) groups excluding carboxylic acids is 3. The molecule has 2 aromatic carbocycles. The maximum absolute atomic E-state index is 13.5. The number of amides is 1. The largest absolute Gasteiger partial charge is 0.507 e. The number of ether oxygens (including phenoxy) is 3. The summed E-state index contributed by atoms with van der Waals surface area (Å²) in [6, 6.07) is 12.7. The highest BCUT2D eigenvalue weighted by Gasteiger charge is 2.48. The number of nitrogens with zero attached hydrogens (tertiary/aromatic N) is 2. The van der Waals surface area contributed by atoms with Crippen molar-refractivity contribution in [3.05, 3.63) is 75.8 Å². The third-order valence-corrected chi connectivity index (χ3v) is 7.41. The van der Waals surface area contributed by atoms with Crippen LogP contribution in [0.25, 0.3) is 5.76 Å². The monoisotopic (exact) mass is 564 g/mol. The molecule has 0 saturated carbocycles. The molecule has 1 aliphatic rings. The second-order valence-corrected chi connectivity index (χ2v) is 10.0. The third-order valence-electron chi connectivity index (χ3n) is 6.28. The van der Waals surface area contributed by atoms with Gasteiger partial charge in [-0.05, 0) is 57.0 Å². The Balaban J connectivity index is 1.84. The Bertz CT molecular complexity index is 1430. The summed E-state index contributed by atoms with van der Waals surface area (Å²) < 4.78 is 16.5. The van der Waals surface area contributed by atoms with Crippen LogP contribution in [0.1, 0.15) is 66.1 Å². The van der Waals surface area contributed by atoms with Crippen LogP contribution in [0.5, 0.6) is 11.5 Å². The van der Waals surface area contributed by atoms with Gasteiger partial charge in [0.2, 0.25) is 0 Å². The zero-order valence-electron chi connectivity index (χ0n) is 22.9. The molecule has 1 N–H and O–H groups in total. The van der Waals surface area contributed by atoms with Gasteiger partial charge < -0.3 is 19.3 Å². The van der Waals surface area contributed by atoms with E-state index in [1.807, 2.05) is 6.92 Å². The fraction of sp³-hybridized carbons (Fsp3) is 0.333. The van der Waals surface area contributed by atoms with Gasteiger partial charge in [0, 0.05) is 5.56 Å². The number of carbonyl (C=O) groups is 3. The number of benzene rings is 2. The van der Waals surface area contributed by atoms with Gasteiger partial charge in [0.05, 0.1) is 37.1 Å². The predicted molar refractivity (Wildman–Crippen MR) is 152 cm³/mol. The van der Waals surface area contributed by atoms with E-state index in [-0.39, 0.29) is 27.9 Å². The molecule has 0 spiro atoms. The van der Waals surface area contributed by atoms with Crippen molar-refractivity contribution < 1.29 is 33.7 Å². The summed E-state index contributed by atoms with van der Waals surface area (Å²) in [5.74, 6) is -1.46. The first-order valence-electron chi connectivity index (χ1n) is 13.2. The SMILES string of the molecule is CCCCOc1ccc(C2C(=C(O)c3cccc(OCC)c3)C(=O)C(=O)N2c2nc(C)c(C(=O)OCC)s2)cc1. The summed E-state index contributed by atoms with van der Waals surface area (Å²) in [6.07, 6.45) is 1.91. The number of aryl methyl sites for hydroxylation is 1. The van der Waals surface area contributed by atoms with Crippen LogP contribution in [0, 0.1) is 6.92 Å². The van der Waals surface area contributed by atoms with Crippen molar-refractivity contribution in [1.82, 2.24) is 4.98 Å². The van der Waals surface area contributed by atoms with Crippen molar-refractivity contribution in [3.63, 3.8) is 0 Å². The molecule has 210 valence electrons. The Labute approximate surface area is 237 Å². The molecule has 1 saturated heterocycles. The summed E-state index contributed by atoms with van der Waals surface area (Å²) >= 11 is 0.963. The van der Waals surface area contributed by atoms with Gasteiger partial charge in [-0.3, -0.25) is 14.5 Å². The molecule has 40 heavy (non-hydrogen) atoms. The number of rotatable bonds is 11. The zero-order valence-corrected chi connectivity index (χ0v) is 23.7.